The van der Waals surface area contributed by atoms with E-state index in [1.807, 2.05) is 0 Å². The van der Waals surface area contributed by atoms with Crippen LogP contribution in [0.5, 0.6) is 0 Å². The van der Waals surface area contributed by atoms with Gasteiger partial charge in [-0.15, -0.1) is 0 Å². The largest absolute Gasteiger partial charge is 0.321 e. The molecule has 4 heteroatoms. The smallest absolute Gasteiger partial charge is 0.248 e. The summed E-state index contributed by atoms with van der Waals surface area (Å²) in [6.45, 7) is 1.76. The summed E-state index contributed by atoms with van der Waals surface area (Å²) in [4.78, 5) is 0. The minimum atomic E-state index is -2.65. The molecule has 1 nitrogen and oxygen atoms in total. The Morgan fingerprint density at radius 3 is 2.24 bits per heavy atom. The lowest BCUT2D eigenvalue weighted by atomic mass is 9.74. The van der Waals surface area contributed by atoms with Gasteiger partial charge in [-0.05, 0) is 31.4 Å². The molecule has 0 aliphatic heterocycles. The maximum atomic E-state index is 13.8. The Bertz CT molecular complexity index is 398. The Kier molecular flexibility index (Phi) is 2.94. The first-order valence-corrected chi connectivity index (χ1v) is 5.76. The van der Waals surface area contributed by atoms with Gasteiger partial charge in [-0.1, -0.05) is 12.1 Å². The standard InChI is InChI=1S/C13H16F3N/c1-9-3-2-4-10(14)11(9)12(17)5-7-13(15,16)8-6-12/h2-4H,5-8,17H2,1H3. The van der Waals surface area contributed by atoms with E-state index in [1.165, 1.54) is 6.07 Å². The number of benzene rings is 1. The van der Waals surface area contributed by atoms with Crippen molar-refractivity contribution >= 4 is 0 Å². The second-order valence-electron chi connectivity index (χ2n) is 4.94. The summed E-state index contributed by atoms with van der Waals surface area (Å²) in [5.41, 5.74) is 6.32. The predicted octanol–water partition coefficient (Wildman–Crippen LogP) is 3.50. The number of hydrogen-bond acceptors (Lipinski definition) is 1. The molecule has 1 aromatic rings. The summed E-state index contributed by atoms with van der Waals surface area (Å²) in [5, 5.41) is 0. The van der Waals surface area contributed by atoms with Crippen molar-refractivity contribution in [3.05, 3.63) is 35.1 Å². The second kappa shape index (κ2) is 4.02. The minimum absolute atomic E-state index is 0.127. The molecule has 0 radical (unpaired) electrons. The van der Waals surface area contributed by atoms with Crippen LogP contribution in [0.25, 0.3) is 0 Å². The van der Waals surface area contributed by atoms with Gasteiger partial charge in [0.15, 0.2) is 0 Å². The van der Waals surface area contributed by atoms with Crippen molar-refractivity contribution in [1.82, 2.24) is 0 Å². The zero-order chi connectivity index (χ0) is 12.7. The Balaban J connectivity index is 2.34. The first kappa shape index (κ1) is 12.4. The zero-order valence-electron chi connectivity index (χ0n) is 9.77. The molecule has 0 saturated heterocycles. The van der Waals surface area contributed by atoms with E-state index in [0.29, 0.717) is 5.56 Å². The van der Waals surface area contributed by atoms with Crippen LogP contribution < -0.4 is 5.73 Å². The first-order chi connectivity index (χ1) is 7.84. The van der Waals surface area contributed by atoms with Crippen LogP contribution in [0.3, 0.4) is 0 Å². The molecule has 2 rings (SSSR count). The van der Waals surface area contributed by atoms with E-state index in [4.69, 9.17) is 5.73 Å². The molecule has 0 bridgehead atoms. The number of nitrogens with two attached hydrogens (primary N) is 1. The molecule has 1 aliphatic rings. The molecule has 1 fully saturated rings. The van der Waals surface area contributed by atoms with Crippen molar-refractivity contribution in [3.63, 3.8) is 0 Å². The molecule has 1 saturated carbocycles. The number of halogens is 3. The number of alkyl halides is 2. The van der Waals surface area contributed by atoms with Crippen molar-refractivity contribution in [1.29, 1.82) is 0 Å². The van der Waals surface area contributed by atoms with Crippen LogP contribution in [-0.2, 0) is 5.54 Å². The number of rotatable bonds is 1. The highest BCUT2D eigenvalue weighted by Gasteiger charge is 2.43. The summed E-state index contributed by atoms with van der Waals surface area (Å²) >= 11 is 0. The van der Waals surface area contributed by atoms with E-state index in [2.05, 4.69) is 0 Å². The molecule has 1 aromatic carbocycles. The van der Waals surface area contributed by atoms with E-state index < -0.39 is 17.3 Å². The van der Waals surface area contributed by atoms with Crippen LogP contribution in [0, 0.1) is 12.7 Å². The fourth-order valence-electron chi connectivity index (χ4n) is 2.57. The molecular formula is C13H16F3N. The van der Waals surface area contributed by atoms with Gasteiger partial charge in [0.25, 0.3) is 0 Å². The molecule has 17 heavy (non-hydrogen) atoms. The van der Waals surface area contributed by atoms with E-state index in [9.17, 15) is 13.2 Å². The van der Waals surface area contributed by atoms with Gasteiger partial charge in [-0.2, -0.15) is 0 Å². The lowest BCUT2D eigenvalue weighted by Gasteiger charge is -2.38. The van der Waals surface area contributed by atoms with Crippen molar-refractivity contribution in [2.45, 2.75) is 44.1 Å². The predicted molar refractivity (Wildman–Crippen MR) is 60.4 cm³/mol. The minimum Gasteiger partial charge on any atom is -0.321 e. The quantitative estimate of drug-likeness (QED) is 0.802. The van der Waals surface area contributed by atoms with E-state index in [1.54, 1.807) is 19.1 Å². The molecule has 0 unspecified atom stereocenters. The fourth-order valence-corrected chi connectivity index (χ4v) is 2.57. The Hall–Kier alpha value is -1.03. The maximum Gasteiger partial charge on any atom is 0.248 e. The lowest BCUT2D eigenvalue weighted by Crippen LogP contribution is -2.44. The molecule has 2 N–H and O–H groups in total. The highest BCUT2D eigenvalue weighted by molar-refractivity contribution is 5.34. The fraction of sp³-hybridized carbons (Fsp3) is 0.538. The van der Waals surface area contributed by atoms with Gasteiger partial charge < -0.3 is 5.73 Å². The summed E-state index contributed by atoms with van der Waals surface area (Å²) in [6, 6.07) is 4.71. The van der Waals surface area contributed by atoms with Gasteiger partial charge in [0.1, 0.15) is 5.82 Å². The van der Waals surface area contributed by atoms with Crippen molar-refractivity contribution in [2.75, 3.05) is 0 Å². The Labute approximate surface area is 98.8 Å². The molecular weight excluding hydrogens is 227 g/mol. The third kappa shape index (κ3) is 2.32. The molecule has 0 atom stereocenters. The van der Waals surface area contributed by atoms with Crippen molar-refractivity contribution in [3.8, 4) is 0 Å². The highest BCUT2D eigenvalue weighted by atomic mass is 19.3. The van der Waals surface area contributed by atoms with E-state index >= 15 is 0 Å². The number of hydrogen-bond donors (Lipinski definition) is 1. The van der Waals surface area contributed by atoms with E-state index in [0.717, 1.165) is 5.56 Å². The summed E-state index contributed by atoms with van der Waals surface area (Å²) in [6.07, 6.45) is -0.280. The molecule has 0 heterocycles. The molecule has 1 aliphatic carbocycles. The Morgan fingerprint density at radius 1 is 1.12 bits per heavy atom. The van der Waals surface area contributed by atoms with Gasteiger partial charge in [0, 0.05) is 23.9 Å². The van der Waals surface area contributed by atoms with E-state index in [-0.39, 0.29) is 25.7 Å². The Morgan fingerprint density at radius 2 is 1.71 bits per heavy atom. The third-order valence-electron chi connectivity index (χ3n) is 3.59. The van der Waals surface area contributed by atoms with Crippen LogP contribution in [0.4, 0.5) is 13.2 Å². The molecule has 0 amide bonds. The van der Waals surface area contributed by atoms with Crippen molar-refractivity contribution < 1.29 is 13.2 Å². The topological polar surface area (TPSA) is 26.0 Å². The van der Waals surface area contributed by atoms with Gasteiger partial charge in [0.05, 0.1) is 0 Å². The molecule has 0 spiro atoms. The van der Waals surface area contributed by atoms with Gasteiger partial charge in [-0.25, -0.2) is 13.2 Å². The van der Waals surface area contributed by atoms with Crippen LogP contribution >= 0.6 is 0 Å². The summed E-state index contributed by atoms with van der Waals surface area (Å²) < 4.78 is 40.0. The maximum absolute atomic E-state index is 13.8. The third-order valence-corrected chi connectivity index (χ3v) is 3.59. The van der Waals surface area contributed by atoms with Gasteiger partial charge in [0.2, 0.25) is 5.92 Å². The van der Waals surface area contributed by atoms with Crippen LogP contribution in [0.1, 0.15) is 36.8 Å². The molecule has 94 valence electrons. The highest BCUT2D eigenvalue weighted by Crippen LogP contribution is 2.43. The number of aryl methyl sites for hydroxylation is 1. The van der Waals surface area contributed by atoms with Crippen LogP contribution in [0.15, 0.2) is 18.2 Å². The average molecular weight is 243 g/mol. The summed E-state index contributed by atoms with van der Waals surface area (Å²) in [5.74, 6) is -3.04. The zero-order valence-corrected chi connectivity index (χ0v) is 9.77. The van der Waals surface area contributed by atoms with Gasteiger partial charge in [-0.3, -0.25) is 0 Å². The SMILES string of the molecule is Cc1cccc(F)c1C1(N)CCC(F)(F)CC1. The lowest BCUT2D eigenvalue weighted by molar-refractivity contribution is -0.0519. The normalized spacial score (nSPS) is 22.4. The van der Waals surface area contributed by atoms with Crippen molar-refractivity contribution in [2.24, 2.45) is 5.73 Å². The van der Waals surface area contributed by atoms with Crippen LogP contribution in [-0.4, -0.2) is 5.92 Å². The summed E-state index contributed by atoms with van der Waals surface area (Å²) in [7, 11) is 0. The average Bonchev–Trinajstić information content (AvgIpc) is 2.23. The second-order valence-corrected chi connectivity index (χ2v) is 4.94. The first-order valence-electron chi connectivity index (χ1n) is 5.76. The molecule has 0 aromatic heterocycles. The van der Waals surface area contributed by atoms with Gasteiger partial charge >= 0.3 is 0 Å². The van der Waals surface area contributed by atoms with Crippen LogP contribution in [0.2, 0.25) is 0 Å². The monoisotopic (exact) mass is 243 g/mol.